The number of hydrogen-bond donors (Lipinski definition) is 5. The van der Waals surface area contributed by atoms with Crippen molar-refractivity contribution in [3.05, 3.63) is 17.7 Å². The van der Waals surface area contributed by atoms with Crippen molar-refractivity contribution >= 4 is 11.9 Å². The summed E-state index contributed by atoms with van der Waals surface area (Å²) in [7, 11) is 5.49. The van der Waals surface area contributed by atoms with E-state index in [2.05, 4.69) is 4.98 Å². The van der Waals surface area contributed by atoms with Crippen molar-refractivity contribution in [3.63, 3.8) is 0 Å². The summed E-state index contributed by atoms with van der Waals surface area (Å²) in [5.41, 5.74) is 11.4. The maximum Gasteiger partial charge on any atom is 0.275 e. The molecule has 2 rings (SSSR count). The molecule has 12 nitrogen and oxygen atoms in total. The van der Waals surface area contributed by atoms with E-state index in [9.17, 15) is 30.0 Å². The van der Waals surface area contributed by atoms with E-state index in [1.54, 1.807) is 0 Å². The number of amides is 1. The molecule has 1 aromatic heterocycles. The summed E-state index contributed by atoms with van der Waals surface area (Å²) >= 11 is 0. The highest BCUT2D eigenvalue weighted by Gasteiger charge is 2.44. The number of imidazole rings is 1. The minimum atomic E-state index is -1.43. The number of hydrogen-bond acceptors (Lipinski definition) is 9. The molecule has 2 unspecified atom stereocenters. The first-order valence-electron chi connectivity index (χ1n) is 9.62. The molecule has 0 aliphatic carbocycles. The van der Waals surface area contributed by atoms with Crippen LogP contribution in [0.15, 0.2) is 6.20 Å². The molecule has 7 N–H and O–H groups in total. The van der Waals surface area contributed by atoms with E-state index in [1.165, 1.54) is 10.8 Å². The molecule has 0 spiro atoms. The van der Waals surface area contributed by atoms with Crippen LogP contribution in [0.1, 0.15) is 24.2 Å². The second kappa shape index (κ2) is 9.37. The Bertz CT molecular complexity index is 763. The van der Waals surface area contributed by atoms with Gasteiger partial charge in [-0.1, -0.05) is 0 Å². The molecule has 1 aromatic rings. The van der Waals surface area contributed by atoms with Gasteiger partial charge >= 0.3 is 0 Å². The Hall–Kier alpha value is -2.09. The number of rotatable bonds is 10. The molecule has 170 valence electrons. The number of ether oxygens (including phenoxy) is 1. The predicted octanol–water partition coefficient (Wildman–Crippen LogP) is -4.39. The van der Waals surface area contributed by atoms with Gasteiger partial charge in [0.05, 0.1) is 39.4 Å². The Morgan fingerprint density at radius 1 is 1.33 bits per heavy atom. The number of nitrogens with zero attached hydrogens (tertiary/aromatic N) is 3. The highest BCUT2D eigenvalue weighted by atomic mass is 16.6. The summed E-state index contributed by atoms with van der Waals surface area (Å²) in [6.45, 7) is -0.494. The van der Waals surface area contributed by atoms with E-state index in [0.29, 0.717) is 22.4 Å². The summed E-state index contributed by atoms with van der Waals surface area (Å²) in [6, 6.07) is -1.80. The van der Waals surface area contributed by atoms with Gasteiger partial charge in [0.15, 0.2) is 12.3 Å². The Balaban J connectivity index is 2.33. The number of nitrogens with two attached hydrogens (primary N) is 2. The maximum atomic E-state index is 11.9. The van der Waals surface area contributed by atoms with Gasteiger partial charge in [0.1, 0.15) is 24.1 Å². The average Bonchev–Trinajstić information content (AvgIpc) is 3.14. The quantitative estimate of drug-likeness (QED) is 0.228. The number of aliphatic carboxylic acids is 1. The molecule has 1 fully saturated rings. The van der Waals surface area contributed by atoms with Gasteiger partial charge < -0.3 is 50.5 Å². The molecule has 1 saturated heterocycles. The normalized spacial score (nSPS) is 26.5. The molecule has 1 amide bonds. The lowest BCUT2D eigenvalue weighted by Gasteiger charge is -2.32. The van der Waals surface area contributed by atoms with Crippen LogP contribution in [-0.4, -0.2) is 99.4 Å². The number of aryl methyl sites for hydroxylation is 1. The molecule has 1 aliphatic rings. The fourth-order valence-corrected chi connectivity index (χ4v) is 3.59. The van der Waals surface area contributed by atoms with Crippen LogP contribution in [0.2, 0.25) is 0 Å². The second-order valence-electron chi connectivity index (χ2n) is 8.49. The van der Waals surface area contributed by atoms with Crippen molar-refractivity contribution in [1.82, 2.24) is 9.55 Å². The first-order chi connectivity index (χ1) is 13.9. The number of aliphatic hydroxyl groups excluding tert-OH is 3. The number of aromatic nitrogens is 2. The molecule has 12 heteroatoms. The lowest BCUT2D eigenvalue weighted by molar-refractivity contribution is -0.886. The van der Waals surface area contributed by atoms with Crippen molar-refractivity contribution in [2.45, 2.75) is 55.9 Å². The zero-order chi connectivity index (χ0) is 22.8. The third kappa shape index (κ3) is 5.33. The summed E-state index contributed by atoms with van der Waals surface area (Å²) in [5, 5.41) is 40.8. The van der Waals surface area contributed by atoms with Gasteiger partial charge in [-0.05, 0) is 0 Å². The topological polar surface area (TPSA) is 197 Å². The minimum Gasteiger partial charge on any atom is -0.548 e. The Kier molecular flexibility index (Phi) is 7.55. The van der Waals surface area contributed by atoms with Crippen LogP contribution in [0.5, 0.6) is 0 Å². The fraction of sp³-hybridized carbons (Fsp3) is 0.722. The van der Waals surface area contributed by atoms with Crippen molar-refractivity contribution < 1.29 is 39.2 Å². The lowest BCUT2D eigenvalue weighted by atomic mass is 10.1. The second-order valence-corrected chi connectivity index (χ2v) is 8.49. The van der Waals surface area contributed by atoms with Gasteiger partial charge in [-0.3, -0.25) is 4.79 Å². The van der Waals surface area contributed by atoms with Gasteiger partial charge in [-0.15, -0.1) is 0 Å². The van der Waals surface area contributed by atoms with E-state index < -0.39 is 55.1 Å². The number of quaternary nitrogens is 1. The van der Waals surface area contributed by atoms with Crippen LogP contribution in [-0.2, 0) is 27.2 Å². The molecule has 0 saturated carbocycles. The first kappa shape index (κ1) is 24.2. The van der Waals surface area contributed by atoms with Crippen molar-refractivity contribution in [1.29, 1.82) is 0 Å². The van der Waals surface area contributed by atoms with Crippen LogP contribution in [0.4, 0.5) is 0 Å². The highest BCUT2D eigenvalue weighted by Crippen LogP contribution is 2.31. The fourth-order valence-electron chi connectivity index (χ4n) is 3.59. The first-order valence-corrected chi connectivity index (χ1v) is 9.62. The summed E-state index contributed by atoms with van der Waals surface area (Å²) in [4.78, 5) is 27.3. The van der Waals surface area contributed by atoms with Gasteiger partial charge in [0, 0.05) is 31.5 Å². The number of carbonyl (C=O) groups is 2. The zero-order valence-electron chi connectivity index (χ0n) is 17.3. The average molecular weight is 429 g/mol. The van der Waals surface area contributed by atoms with Crippen molar-refractivity contribution in [2.24, 2.45) is 11.5 Å². The van der Waals surface area contributed by atoms with E-state index >= 15 is 0 Å². The van der Waals surface area contributed by atoms with Crippen LogP contribution in [0, 0.1) is 0 Å². The smallest absolute Gasteiger partial charge is 0.275 e. The molecular weight excluding hydrogens is 398 g/mol. The number of carboxylic acid groups (broad SMARTS) is 1. The molecule has 0 aromatic carbocycles. The van der Waals surface area contributed by atoms with E-state index in [1.807, 2.05) is 21.1 Å². The molecule has 6 atom stereocenters. The SMILES string of the molecule is C[N+](C)(C)C(CCc1nc(CC(N)C(=O)[O-])cn1[C@@H]1O[C@H](CO)[C@@H](O)[C@H]1O)C(N)=O. The maximum absolute atomic E-state index is 11.9. The van der Waals surface area contributed by atoms with E-state index in [-0.39, 0.29) is 12.8 Å². The monoisotopic (exact) mass is 429 g/mol. The largest absolute Gasteiger partial charge is 0.548 e. The molecule has 2 heterocycles. The zero-order valence-corrected chi connectivity index (χ0v) is 17.3. The number of primary amides is 1. The van der Waals surface area contributed by atoms with Crippen LogP contribution in [0.25, 0.3) is 0 Å². The van der Waals surface area contributed by atoms with Gasteiger partial charge in [0.25, 0.3) is 5.91 Å². The molecule has 1 aliphatic heterocycles. The Morgan fingerprint density at radius 3 is 2.43 bits per heavy atom. The van der Waals surface area contributed by atoms with Crippen LogP contribution < -0.4 is 16.6 Å². The third-order valence-electron chi connectivity index (χ3n) is 5.29. The Morgan fingerprint density at radius 2 is 1.97 bits per heavy atom. The molecule has 0 bridgehead atoms. The number of carbonyl (C=O) groups excluding carboxylic acids is 2. The number of aliphatic hydroxyl groups is 3. The van der Waals surface area contributed by atoms with Gasteiger partial charge in [-0.25, -0.2) is 4.98 Å². The number of likely N-dealkylation sites (N-methyl/N-ethyl adjacent to an activating group) is 1. The van der Waals surface area contributed by atoms with Crippen LogP contribution >= 0.6 is 0 Å². The van der Waals surface area contributed by atoms with E-state index in [4.69, 9.17) is 16.2 Å². The third-order valence-corrected chi connectivity index (χ3v) is 5.29. The van der Waals surface area contributed by atoms with E-state index in [0.717, 1.165) is 0 Å². The minimum absolute atomic E-state index is 0.119. The number of carboxylic acids is 1. The summed E-state index contributed by atoms with van der Waals surface area (Å²) in [6.07, 6.45) is -2.75. The summed E-state index contributed by atoms with van der Waals surface area (Å²) < 4.78 is 7.33. The predicted molar refractivity (Wildman–Crippen MR) is 101 cm³/mol. The van der Waals surface area contributed by atoms with Crippen LogP contribution in [0.3, 0.4) is 0 Å². The Labute approximate surface area is 174 Å². The molecular formula is C18H31N5O7. The van der Waals surface area contributed by atoms with Crippen molar-refractivity contribution in [2.75, 3.05) is 27.7 Å². The van der Waals surface area contributed by atoms with Gasteiger partial charge in [-0.2, -0.15) is 0 Å². The lowest BCUT2D eigenvalue weighted by Crippen LogP contribution is -2.52. The summed E-state index contributed by atoms with van der Waals surface area (Å²) in [5.74, 6) is -1.52. The standard InChI is InChI=1S/C18H31N5O7/c1-23(2,3)11(16(20)27)4-5-13-21-9(6-10(19)18(28)29)7-22(13)17-15(26)14(25)12(8-24)30-17/h7,10-12,14-15,17,24-26H,4-6,8,19H2,1-3H3,(H2-,20,27,28,29)/t10?,11?,12-,14-,15-,17-/m1/s1. The molecule has 0 radical (unpaired) electrons. The highest BCUT2D eigenvalue weighted by molar-refractivity contribution is 5.78. The van der Waals surface area contributed by atoms with Gasteiger partial charge in [0.2, 0.25) is 0 Å². The molecule has 30 heavy (non-hydrogen) atoms. The van der Waals surface area contributed by atoms with Crippen molar-refractivity contribution in [3.8, 4) is 0 Å².